The van der Waals surface area contributed by atoms with Crippen molar-refractivity contribution in [3.63, 3.8) is 0 Å². The molecule has 6 nitrogen and oxygen atoms in total. The van der Waals surface area contributed by atoms with E-state index < -0.39 is 0 Å². The lowest BCUT2D eigenvalue weighted by molar-refractivity contribution is 0.131. The van der Waals surface area contributed by atoms with Crippen molar-refractivity contribution in [1.29, 1.82) is 0 Å². The molecule has 25 heavy (non-hydrogen) atoms. The van der Waals surface area contributed by atoms with Crippen LogP contribution in [0.1, 0.15) is 35.7 Å². The zero-order valence-electron chi connectivity index (χ0n) is 14.4. The number of benzene rings is 1. The predicted molar refractivity (Wildman–Crippen MR) is 94.0 cm³/mol. The maximum atomic E-state index is 12.7. The Morgan fingerprint density at radius 2 is 2.04 bits per heavy atom. The molecule has 1 fully saturated rings. The van der Waals surface area contributed by atoms with E-state index in [0.717, 1.165) is 57.7 Å². The number of aryl methyl sites for hydroxylation is 1. The van der Waals surface area contributed by atoms with E-state index in [1.165, 1.54) is 11.1 Å². The number of nitrogens with one attached hydrogen (secondary N) is 1. The van der Waals surface area contributed by atoms with Gasteiger partial charge in [0.05, 0.1) is 11.7 Å². The Hall–Kier alpha value is -2.34. The molecule has 2 amide bonds. The highest BCUT2D eigenvalue weighted by Crippen LogP contribution is 2.29. The van der Waals surface area contributed by atoms with Gasteiger partial charge < -0.3 is 14.7 Å². The number of hydrogen-bond acceptors (Lipinski definition) is 4. The largest absolute Gasteiger partial charge is 0.364 e. The van der Waals surface area contributed by atoms with E-state index in [-0.39, 0.29) is 12.1 Å². The fraction of sp³-hybridized carbons (Fsp3) is 0.474. The number of piperazine rings is 1. The molecule has 1 unspecified atom stereocenters. The first-order chi connectivity index (χ1) is 12.3. The number of carbonyl (C=O) groups excluding carboxylic acids is 1. The molecule has 6 heteroatoms. The molecule has 1 aromatic heterocycles. The van der Waals surface area contributed by atoms with Gasteiger partial charge in [-0.2, -0.15) is 0 Å². The van der Waals surface area contributed by atoms with E-state index in [4.69, 9.17) is 4.52 Å². The van der Waals surface area contributed by atoms with E-state index in [1.54, 1.807) is 6.26 Å². The molecule has 2 aliphatic rings. The molecule has 2 aromatic rings. The van der Waals surface area contributed by atoms with Crippen LogP contribution in [0.15, 0.2) is 41.1 Å². The van der Waals surface area contributed by atoms with Crippen LogP contribution in [0.3, 0.4) is 0 Å². The third kappa shape index (κ3) is 3.69. The van der Waals surface area contributed by atoms with Gasteiger partial charge in [-0.25, -0.2) is 4.79 Å². The summed E-state index contributed by atoms with van der Waals surface area (Å²) in [6, 6.07) is 10.6. The Kier molecular flexibility index (Phi) is 4.70. The minimum Gasteiger partial charge on any atom is -0.364 e. The van der Waals surface area contributed by atoms with Crippen molar-refractivity contribution in [3.05, 3.63) is 53.4 Å². The zero-order valence-corrected chi connectivity index (χ0v) is 14.4. The van der Waals surface area contributed by atoms with Gasteiger partial charge >= 0.3 is 6.03 Å². The quantitative estimate of drug-likeness (QED) is 0.933. The average Bonchev–Trinajstić information content (AvgIpc) is 3.16. The lowest BCUT2D eigenvalue weighted by Gasteiger charge is -2.36. The first-order valence-corrected chi connectivity index (χ1v) is 9.04. The van der Waals surface area contributed by atoms with Crippen LogP contribution in [-0.4, -0.2) is 47.2 Å². The molecule has 0 bridgehead atoms. The molecule has 2 heterocycles. The fourth-order valence-corrected chi connectivity index (χ4v) is 3.80. The maximum absolute atomic E-state index is 12.7. The molecule has 1 aliphatic heterocycles. The van der Waals surface area contributed by atoms with Crippen molar-refractivity contribution in [2.75, 3.05) is 26.2 Å². The molecule has 1 N–H and O–H groups in total. The summed E-state index contributed by atoms with van der Waals surface area (Å²) in [6.07, 6.45) is 4.87. The van der Waals surface area contributed by atoms with Gasteiger partial charge in [-0.3, -0.25) is 4.90 Å². The second-order valence-corrected chi connectivity index (χ2v) is 6.85. The molecule has 1 atom stereocenters. The Bertz CT molecular complexity index is 708. The van der Waals surface area contributed by atoms with Crippen molar-refractivity contribution < 1.29 is 9.32 Å². The highest BCUT2D eigenvalue weighted by atomic mass is 16.5. The molecular formula is C19H24N4O2. The summed E-state index contributed by atoms with van der Waals surface area (Å²) in [6.45, 7) is 4.00. The first kappa shape index (κ1) is 16.1. The van der Waals surface area contributed by atoms with E-state index in [1.807, 2.05) is 11.0 Å². The number of amides is 2. The van der Waals surface area contributed by atoms with Crippen molar-refractivity contribution in [2.24, 2.45) is 0 Å². The van der Waals surface area contributed by atoms with Crippen molar-refractivity contribution in [1.82, 2.24) is 20.3 Å². The third-order valence-electron chi connectivity index (χ3n) is 5.20. The van der Waals surface area contributed by atoms with E-state index >= 15 is 0 Å². The van der Waals surface area contributed by atoms with Crippen molar-refractivity contribution >= 4 is 6.03 Å². The topological polar surface area (TPSA) is 61.6 Å². The standard InChI is InChI=1S/C19H24N4O2/c24-19(20-18-7-3-5-15-4-1-2-6-17(15)18)23-11-9-22(10-12-23)14-16-8-13-25-21-16/h1-2,4,6,8,13,18H,3,5,7,9-12,14H2,(H,20,24). The predicted octanol–water partition coefficient (Wildman–Crippen LogP) is 2.58. The summed E-state index contributed by atoms with van der Waals surface area (Å²) < 4.78 is 4.88. The Morgan fingerprint density at radius 3 is 2.84 bits per heavy atom. The number of urea groups is 1. The van der Waals surface area contributed by atoms with Crippen LogP contribution in [0, 0.1) is 0 Å². The number of hydrogen-bond donors (Lipinski definition) is 1. The molecule has 0 saturated carbocycles. The molecule has 0 radical (unpaired) electrons. The van der Waals surface area contributed by atoms with Gasteiger partial charge in [0.25, 0.3) is 0 Å². The molecule has 1 aliphatic carbocycles. The Balaban J connectivity index is 1.31. The number of carbonyl (C=O) groups is 1. The van der Waals surface area contributed by atoms with Gasteiger partial charge in [0, 0.05) is 38.8 Å². The Morgan fingerprint density at radius 1 is 1.20 bits per heavy atom. The van der Waals surface area contributed by atoms with Crippen molar-refractivity contribution in [3.8, 4) is 0 Å². The molecule has 1 aromatic carbocycles. The molecule has 132 valence electrons. The average molecular weight is 340 g/mol. The summed E-state index contributed by atoms with van der Waals surface area (Å²) in [5.41, 5.74) is 3.60. The van der Waals surface area contributed by atoms with Gasteiger partial charge in [0.2, 0.25) is 0 Å². The summed E-state index contributed by atoms with van der Waals surface area (Å²) in [5, 5.41) is 7.20. The van der Waals surface area contributed by atoms with Crippen LogP contribution in [-0.2, 0) is 13.0 Å². The number of rotatable bonds is 3. The van der Waals surface area contributed by atoms with Gasteiger partial charge in [0.1, 0.15) is 6.26 Å². The van der Waals surface area contributed by atoms with Crippen LogP contribution >= 0.6 is 0 Å². The lowest BCUT2D eigenvalue weighted by Crippen LogP contribution is -2.52. The van der Waals surface area contributed by atoms with E-state index in [9.17, 15) is 4.79 Å². The Labute approximate surface area is 147 Å². The van der Waals surface area contributed by atoms with E-state index in [2.05, 4.69) is 39.6 Å². The second kappa shape index (κ2) is 7.27. The van der Waals surface area contributed by atoms with Gasteiger partial charge in [-0.15, -0.1) is 0 Å². The van der Waals surface area contributed by atoms with Gasteiger partial charge in [-0.05, 0) is 30.4 Å². The van der Waals surface area contributed by atoms with Crippen LogP contribution in [0.4, 0.5) is 4.79 Å². The van der Waals surface area contributed by atoms with Gasteiger partial charge in [0.15, 0.2) is 0 Å². The normalized spacial score (nSPS) is 21.0. The second-order valence-electron chi connectivity index (χ2n) is 6.85. The molecule has 4 rings (SSSR count). The number of nitrogens with zero attached hydrogens (tertiary/aromatic N) is 3. The van der Waals surface area contributed by atoms with Gasteiger partial charge in [-0.1, -0.05) is 29.4 Å². The van der Waals surface area contributed by atoms with Crippen LogP contribution in [0.2, 0.25) is 0 Å². The number of aromatic nitrogens is 1. The molecule has 1 saturated heterocycles. The summed E-state index contributed by atoms with van der Waals surface area (Å²) >= 11 is 0. The van der Waals surface area contributed by atoms with Crippen LogP contribution < -0.4 is 5.32 Å². The van der Waals surface area contributed by atoms with E-state index in [0.29, 0.717) is 0 Å². The monoisotopic (exact) mass is 340 g/mol. The van der Waals surface area contributed by atoms with Crippen LogP contribution in [0.5, 0.6) is 0 Å². The zero-order chi connectivity index (χ0) is 17.1. The molecular weight excluding hydrogens is 316 g/mol. The highest BCUT2D eigenvalue weighted by molar-refractivity contribution is 5.75. The lowest BCUT2D eigenvalue weighted by atomic mass is 9.88. The van der Waals surface area contributed by atoms with Crippen molar-refractivity contribution in [2.45, 2.75) is 31.8 Å². The smallest absolute Gasteiger partial charge is 0.317 e. The SMILES string of the molecule is O=C(NC1CCCc2ccccc21)N1CCN(Cc2ccon2)CC1. The minimum atomic E-state index is 0.0581. The maximum Gasteiger partial charge on any atom is 0.317 e. The third-order valence-corrected chi connectivity index (χ3v) is 5.20. The minimum absolute atomic E-state index is 0.0581. The van der Waals surface area contributed by atoms with Crippen LogP contribution in [0.25, 0.3) is 0 Å². The molecule has 0 spiro atoms. The number of fused-ring (bicyclic) bond motifs is 1. The summed E-state index contributed by atoms with van der Waals surface area (Å²) in [7, 11) is 0. The fourth-order valence-electron chi connectivity index (χ4n) is 3.80. The first-order valence-electron chi connectivity index (χ1n) is 9.04. The summed E-state index contributed by atoms with van der Waals surface area (Å²) in [4.78, 5) is 16.9. The summed E-state index contributed by atoms with van der Waals surface area (Å²) in [5.74, 6) is 0. The highest BCUT2D eigenvalue weighted by Gasteiger charge is 2.26.